The van der Waals surface area contributed by atoms with E-state index in [0.717, 1.165) is 18.5 Å². The zero-order valence-electron chi connectivity index (χ0n) is 10.7. The molecule has 4 heteroatoms. The zero-order valence-corrected chi connectivity index (χ0v) is 10.7. The van der Waals surface area contributed by atoms with Gasteiger partial charge in [0.25, 0.3) is 5.91 Å². The molecule has 2 N–H and O–H groups in total. The number of imidazole rings is 1. The Morgan fingerprint density at radius 1 is 1.28 bits per heavy atom. The van der Waals surface area contributed by atoms with Crippen LogP contribution in [0, 0.1) is 0 Å². The largest absolute Gasteiger partial charge is 0.364 e. The third-order valence-electron chi connectivity index (χ3n) is 3.10. The molecule has 0 saturated carbocycles. The van der Waals surface area contributed by atoms with Gasteiger partial charge in [0, 0.05) is 0 Å². The summed E-state index contributed by atoms with van der Waals surface area (Å²) in [4.78, 5) is 15.4. The van der Waals surface area contributed by atoms with Crippen LogP contribution in [0.15, 0.2) is 30.7 Å². The molecule has 1 amide bonds. The van der Waals surface area contributed by atoms with Crippen LogP contribution >= 0.6 is 0 Å². The van der Waals surface area contributed by atoms with Crippen molar-refractivity contribution in [2.75, 3.05) is 0 Å². The van der Waals surface area contributed by atoms with Crippen LogP contribution < -0.4 is 5.73 Å². The number of hydrogen-bond donors (Lipinski definition) is 1. The van der Waals surface area contributed by atoms with Gasteiger partial charge in [-0.2, -0.15) is 0 Å². The van der Waals surface area contributed by atoms with Crippen LogP contribution in [0.25, 0.3) is 5.69 Å². The Bertz CT molecular complexity index is 550. The number of carbonyl (C=O) groups excluding carboxylic acids is 1. The first-order valence-electron chi connectivity index (χ1n) is 6.12. The van der Waals surface area contributed by atoms with Gasteiger partial charge in [0.1, 0.15) is 5.69 Å². The Morgan fingerprint density at radius 2 is 1.89 bits per heavy atom. The molecule has 1 aromatic carbocycles. The van der Waals surface area contributed by atoms with E-state index in [4.69, 9.17) is 5.73 Å². The van der Waals surface area contributed by atoms with Crippen molar-refractivity contribution in [2.24, 2.45) is 5.73 Å². The molecule has 0 spiro atoms. The molecule has 1 aromatic heterocycles. The number of aromatic nitrogens is 2. The van der Waals surface area contributed by atoms with E-state index < -0.39 is 5.91 Å². The molecule has 2 rings (SSSR count). The van der Waals surface area contributed by atoms with E-state index in [1.807, 2.05) is 6.07 Å². The number of primary amides is 1. The second-order valence-corrected chi connectivity index (χ2v) is 4.15. The number of benzene rings is 1. The molecular formula is C14H17N3O. The monoisotopic (exact) mass is 243 g/mol. The summed E-state index contributed by atoms with van der Waals surface area (Å²) in [6.45, 7) is 4.19. The SMILES string of the molecule is CCc1cccc(CC)c1-n1cncc1C(N)=O. The fraction of sp³-hybridized carbons (Fsp3) is 0.286. The molecule has 4 nitrogen and oxygen atoms in total. The Balaban J connectivity index is 2.69. The quantitative estimate of drug-likeness (QED) is 0.893. The highest BCUT2D eigenvalue weighted by atomic mass is 16.1. The summed E-state index contributed by atoms with van der Waals surface area (Å²) in [5, 5.41) is 0. The lowest BCUT2D eigenvalue weighted by atomic mass is 10.0. The molecule has 1 heterocycles. The van der Waals surface area contributed by atoms with Crippen molar-refractivity contribution in [3.05, 3.63) is 47.5 Å². The Labute approximate surface area is 106 Å². The number of para-hydroxylation sites is 1. The van der Waals surface area contributed by atoms with Crippen molar-refractivity contribution in [3.63, 3.8) is 0 Å². The van der Waals surface area contributed by atoms with E-state index in [0.29, 0.717) is 5.69 Å². The molecular weight excluding hydrogens is 226 g/mol. The smallest absolute Gasteiger partial charge is 0.267 e. The molecule has 94 valence electrons. The number of nitrogens with two attached hydrogens (primary N) is 1. The minimum atomic E-state index is -0.458. The summed E-state index contributed by atoms with van der Waals surface area (Å²) in [6.07, 6.45) is 4.96. The molecule has 0 aliphatic rings. The van der Waals surface area contributed by atoms with Gasteiger partial charge in [0.05, 0.1) is 18.2 Å². The van der Waals surface area contributed by atoms with E-state index in [2.05, 4.69) is 31.0 Å². The van der Waals surface area contributed by atoms with E-state index in [1.54, 1.807) is 10.9 Å². The van der Waals surface area contributed by atoms with Gasteiger partial charge in [0.15, 0.2) is 0 Å². The average Bonchev–Trinajstić information content (AvgIpc) is 2.86. The number of aryl methyl sites for hydroxylation is 2. The Kier molecular flexibility index (Phi) is 3.46. The van der Waals surface area contributed by atoms with E-state index >= 15 is 0 Å². The van der Waals surface area contributed by atoms with Crippen molar-refractivity contribution in [1.82, 2.24) is 9.55 Å². The van der Waals surface area contributed by atoms with Gasteiger partial charge in [-0.25, -0.2) is 4.98 Å². The van der Waals surface area contributed by atoms with Gasteiger partial charge in [0.2, 0.25) is 0 Å². The highest BCUT2D eigenvalue weighted by molar-refractivity contribution is 5.91. The molecule has 2 aromatic rings. The maximum Gasteiger partial charge on any atom is 0.267 e. The van der Waals surface area contributed by atoms with Gasteiger partial charge in [-0.3, -0.25) is 9.36 Å². The summed E-state index contributed by atoms with van der Waals surface area (Å²) in [6, 6.07) is 6.18. The predicted octanol–water partition coefficient (Wildman–Crippen LogP) is 2.10. The second-order valence-electron chi connectivity index (χ2n) is 4.15. The minimum absolute atomic E-state index is 0.422. The summed E-state index contributed by atoms with van der Waals surface area (Å²) < 4.78 is 1.79. The van der Waals surface area contributed by atoms with Crippen LogP contribution in [0.2, 0.25) is 0 Å². The fourth-order valence-corrected chi connectivity index (χ4v) is 2.18. The van der Waals surface area contributed by atoms with Crippen molar-refractivity contribution in [1.29, 1.82) is 0 Å². The summed E-state index contributed by atoms with van der Waals surface area (Å²) in [5.74, 6) is -0.458. The lowest BCUT2D eigenvalue weighted by Gasteiger charge is -2.15. The second kappa shape index (κ2) is 5.04. The first kappa shape index (κ1) is 12.4. The molecule has 0 aliphatic carbocycles. The van der Waals surface area contributed by atoms with Crippen LogP contribution in [0.5, 0.6) is 0 Å². The first-order valence-corrected chi connectivity index (χ1v) is 6.12. The summed E-state index contributed by atoms with van der Waals surface area (Å²) >= 11 is 0. The van der Waals surface area contributed by atoms with Gasteiger partial charge in [-0.15, -0.1) is 0 Å². The molecule has 0 saturated heterocycles. The number of hydrogen-bond acceptors (Lipinski definition) is 2. The molecule has 0 fully saturated rings. The third kappa shape index (κ3) is 2.01. The molecule has 0 unspecified atom stereocenters. The summed E-state index contributed by atoms with van der Waals surface area (Å²) in [5.41, 5.74) is 9.22. The van der Waals surface area contributed by atoms with E-state index in [-0.39, 0.29) is 0 Å². The van der Waals surface area contributed by atoms with Gasteiger partial charge < -0.3 is 5.73 Å². The van der Waals surface area contributed by atoms with Crippen LogP contribution in [0.1, 0.15) is 35.5 Å². The molecule has 0 bridgehead atoms. The van der Waals surface area contributed by atoms with Crippen molar-refractivity contribution >= 4 is 5.91 Å². The van der Waals surface area contributed by atoms with Crippen molar-refractivity contribution in [2.45, 2.75) is 26.7 Å². The lowest BCUT2D eigenvalue weighted by molar-refractivity contribution is 0.0994. The zero-order chi connectivity index (χ0) is 13.1. The van der Waals surface area contributed by atoms with E-state index in [9.17, 15) is 4.79 Å². The highest BCUT2D eigenvalue weighted by Crippen LogP contribution is 2.22. The normalized spacial score (nSPS) is 10.6. The number of nitrogens with zero attached hydrogens (tertiary/aromatic N) is 2. The van der Waals surface area contributed by atoms with E-state index in [1.165, 1.54) is 17.3 Å². The summed E-state index contributed by atoms with van der Waals surface area (Å²) in [7, 11) is 0. The number of rotatable bonds is 4. The van der Waals surface area contributed by atoms with Gasteiger partial charge >= 0.3 is 0 Å². The van der Waals surface area contributed by atoms with Crippen LogP contribution in [-0.4, -0.2) is 15.5 Å². The lowest BCUT2D eigenvalue weighted by Crippen LogP contribution is -2.17. The maximum absolute atomic E-state index is 11.4. The number of amides is 1. The molecule has 0 radical (unpaired) electrons. The Hall–Kier alpha value is -2.10. The predicted molar refractivity (Wildman–Crippen MR) is 70.8 cm³/mol. The maximum atomic E-state index is 11.4. The van der Waals surface area contributed by atoms with Gasteiger partial charge in [-0.1, -0.05) is 32.0 Å². The van der Waals surface area contributed by atoms with Crippen molar-refractivity contribution in [3.8, 4) is 5.69 Å². The molecule has 0 atom stereocenters. The molecule has 18 heavy (non-hydrogen) atoms. The van der Waals surface area contributed by atoms with Crippen LogP contribution in [-0.2, 0) is 12.8 Å². The topological polar surface area (TPSA) is 60.9 Å². The Morgan fingerprint density at radius 3 is 2.39 bits per heavy atom. The fourth-order valence-electron chi connectivity index (χ4n) is 2.18. The standard InChI is InChI=1S/C14H17N3O/c1-3-10-6-5-7-11(4-2)13(10)17-9-16-8-12(17)14(15)18/h5-9H,3-4H2,1-2H3,(H2,15,18). The third-order valence-corrected chi connectivity index (χ3v) is 3.10. The average molecular weight is 243 g/mol. The molecule has 0 aliphatic heterocycles. The van der Waals surface area contributed by atoms with Crippen molar-refractivity contribution < 1.29 is 4.79 Å². The minimum Gasteiger partial charge on any atom is -0.364 e. The van der Waals surface area contributed by atoms with Crippen LogP contribution in [0.3, 0.4) is 0 Å². The first-order chi connectivity index (χ1) is 8.69. The van der Waals surface area contributed by atoms with Crippen LogP contribution in [0.4, 0.5) is 0 Å². The van der Waals surface area contributed by atoms with Gasteiger partial charge in [-0.05, 0) is 24.0 Å². The highest BCUT2D eigenvalue weighted by Gasteiger charge is 2.14. The number of carbonyl (C=O) groups is 1.